The number of fused-ring (bicyclic) bond motifs is 1. The number of hydrogen-bond donors (Lipinski definition) is 3. The van der Waals surface area contributed by atoms with E-state index in [4.69, 9.17) is 14.6 Å². The van der Waals surface area contributed by atoms with Crippen LogP contribution in [0.15, 0.2) is 23.3 Å². The Kier molecular flexibility index (Phi) is 6.72. The van der Waals surface area contributed by atoms with Crippen molar-refractivity contribution in [2.75, 3.05) is 27.4 Å². The van der Waals surface area contributed by atoms with Crippen molar-refractivity contribution in [2.45, 2.75) is 19.5 Å². The Morgan fingerprint density at radius 2 is 1.93 bits per heavy atom. The standard InChI is InChI=1S/C17H22N4O6/c1-10(16(24)18-4-5-22)20-15(23)8-21-9-19-12-7-14(27-3)13(26-2)6-11(12)17(21)25/h6-7,9-10,22H,4-5,8H2,1-3H3,(H,18,24)(H,20,23). The molecule has 0 spiro atoms. The number of carbonyl (C=O) groups is 2. The lowest BCUT2D eigenvalue weighted by atomic mass is 10.2. The lowest BCUT2D eigenvalue weighted by Gasteiger charge is -2.14. The van der Waals surface area contributed by atoms with Crippen LogP contribution >= 0.6 is 0 Å². The molecule has 1 aromatic heterocycles. The van der Waals surface area contributed by atoms with E-state index in [0.29, 0.717) is 17.0 Å². The molecular weight excluding hydrogens is 356 g/mol. The number of methoxy groups -OCH3 is 2. The molecule has 2 aromatic rings. The highest BCUT2D eigenvalue weighted by molar-refractivity contribution is 5.87. The molecule has 1 atom stereocenters. The molecule has 146 valence electrons. The molecule has 0 aliphatic rings. The molecule has 0 aliphatic heterocycles. The first-order chi connectivity index (χ1) is 12.9. The van der Waals surface area contributed by atoms with Crippen molar-refractivity contribution in [1.29, 1.82) is 0 Å². The Hall–Kier alpha value is -3.14. The molecule has 2 amide bonds. The first-order valence-corrected chi connectivity index (χ1v) is 8.20. The summed E-state index contributed by atoms with van der Waals surface area (Å²) in [5, 5.41) is 13.9. The molecule has 0 radical (unpaired) electrons. The van der Waals surface area contributed by atoms with Gasteiger partial charge in [-0.05, 0) is 13.0 Å². The zero-order valence-corrected chi connectivity index (χ0v) is 15.3. The summed E-state index contributed by atoms with van der Waals surface area (Å²) in [4.78, 5) is 40.7. The lowest BCUT2D eigenvalue weighted by molar-refractivity contribution is -0.129. The molecule has 27 heavy (non-hydrogen) atoms. The van der Waals surface area contributed by atoms with Crippen LogP contribution in [0.5, 0.6) is 11.5 Å². The Morgan fingerprint density at radius 1 is 1.26 bits per heavy atom. The summed E-state index contributed by atoms with van der Waals surface area (Å²) in [7, 11) is 2.93. The van der Waals surface area contributed by atoms with E-state index in [9.17, 15) is 14.4 Å². The van der Waals surface area contributed by atoms with E-state index < -0.39 is 23.4 Å². The van der Waals surface area contributed by atoms with Crippen LogP contribution in [0.1, 0.15) is 6.92 Å². The van der Waals surface area contributed by atoms with Crippen molar-refractivity contribution < 1.29 is 24.2 Å². The van der Waals surface area contributed by atoms with Gasteiger partial charge in [-0.3, -0.25) is 19.0 Å². The fourth-order valence-corrected chi connectivity index (χ4v) is 2.44. The molecule has 10 nitrogen and oxygen atoms in total. The van der Waals surface area contributed by atoms with Gasteiger partial charge < -0.3 is 25.2 Å². The molecule has 0 bridgehead atoms. The minimum absolute atomic E-state index is 0.0956. The van der Waals surface area contributed by atoms with Crippen LogP contribution in [0.4, 0.5) is 0 Å². The molecular formula is C17H22N4O6. The van der Waals surface area contributed by atoms with Gasteiger partial charge in [0.05, 0.1) is 38.1 Å². The SMILES string of the molecule is COc1cc2ncn(CC(=O)NC(C)C(=O)NCCO)c(=O)c2cc1OC. The van der Waals surface area contributed by atoms with E-state index in [1.807, 2.05) is 0 Å². The first-order valence-electron chi connectivity index (χ1n) is 8.20. The molecule has 0 aliphatic carbocycles. The number of aliphatic hydroxyl groups is 1. The molecule has 0 saturated carbocycles. The number of nitrogens with zero attached hydrogens (tertiary/aromatic N) is 2. The first kappa shape index (κ1) is 20.2. The highest BCUT2D eigenvalue weighted by Gasteiger charge is 2.17. The van der Waals surface area contributed by atoms with Crippen molar-refractivity contribution in [3.63, 3.8) is 0 Å². The van der Waals surface area contributed by atoms with Crippen molar-refractivity contribution in [2.24, 2.45) is 0 Å². The topological polar surface area (TPSA) is 132 Å². The molecule has 10 heteroatoms. The second-order valence-corrected chi connectivity index (χ2v) is 5.71. The van der Waals surface area contributed by atoms with Crippen molar-refractivity contribution in [3.05, 3.63) is 28.8 Å². The molecule has 1 aromatic carbocycles. The maximum absolute atomic E-state index is 12.6. The zero-order chi connectivity index (χ0) is 20.0. The second kappa shape index (κ2) is 8.99. The van der Waals surface area contributed by atoms with E-state index >= 15 is 0 Å². The van der Waals surface area contributed by atoms with Gasteiger partial charge in [-0.2, -0.15) is 0 Å². The van der Waals surface area contributed by atoms with Gasteiger partial charge in [-0.25, -0.2) is 4.98 Å². The van der Waals surface area contributed by atoms with Gasteiger partial charge in [-0.1, -0.05) is 0 Å². The average molecular weight is 378 g/mol. The van der Waals surface area contributed by atoms with Crippen LogP contribution in [-0.2, 0) is 16.1 Å². The zero-order valence-electron chi connectivity index (χ0n) is 15.3. The third kappa shape index (κ3) is 4.73. The molecule has 1 heterocycles. The van der Waals surface area contributed by atoms with E-state index in [-0.39, 0.29) is 25.1 Å². The summed E-state index contributed by atoms with van der Waals surface area (Å²) in [6.07, 6.45) is 1.26. The highest BCUT2D eigenvalue weighted by Crippen LogP contribution is 2.29. The van der Waals surface area contributed by atoms with Gasteiger partial charge in [0.2, 0.25) is 11.8 Å². The van der Waals surface area contributed by atoms with E-state index in [0.717, 1.165) is 4.57 Å². The molecule has 2 rings (SSSR count). The fourth-order valence-electron chi connectivity index (χ4n) is 2.44. The average Bonchev–Trinajstić information content (AvgIpc) is 2.67. The van der Waals surface area contributed by atoms with Gasteiger partial charge in [0, 0.05) is 12.6 Å². The summed E-state index contributed by atoms with van der Waals surface area (Å²) in [5.41, 5.74) is -0.0143. The highest BCUT2D eigenvalue weighted by atomic mass is 16.5. The number of carbonyl (C=O) groups excluding carboxylic acids is 2. The predicted molar refractivity (Wildman–Crippen MR) is 96.8 cm³/mol. The number of nitrogens with one attached hydrogen (secondary N) is 2. The molecule has 3 N–H and O–H groups in total. The number of hydrogen-bond acceptors (Lipinski definition) is 7. The number of benzene rings is 1. The number of rotatable bonds is 8. The summed E-state index contributed by atoms with van der Waals surface area (Å²) in [6, 6.07) is 2.27. The van der Waals surface area contributed by atoms with Gasteiger partial charge in [0.15, 0.2) is 11.5 Å². The maximum atomic E-state index is 12.6. The van der Waals surface area contributed by atoms with E-state index in [1.165, 1.54) is 33.5 Å². The number of ether oxygens (including phenoxy) is 2. The minimum Gasteiger partial charge on any atom is -0.493 e. The van der Waals surface area contributed by atoms with Crippen molar-refractivity contribution in [1.82, 2.24) is 20.2 Å². The van der Waals surface area contributed by atoms with Crippen LogP contribution in [0.25, 0.3) is 10.9 Å². The largest absolute Gasteiger partial charge is 0.493 e. The van der Waals surface area contributed by atoms with Crippen LogP contribution < -0.4 is 25.7 Å². The van der Waals surface area contributed by atoms with Crippen LogP contribution in [0.2, 0.25) is 0 Å². The van der Waals surface area contributed by atoms with Crippen molar-refractivity contribution in [3.8, 4) is 11.5 Å². The molecule has 1 unspecified atom stereocenters. The van der Waals surface area contributed by atoms with E-state index in [2.05, 4.69) is 15.6 Å². The third-order valence-corrected chi connectivity index (χ3v) is 3.83. The fraction of sp³-hybridized carbons (Fsp3) is 0.412. The maximum Gasteiger partial charge on any atom is 0.261 e. The summed E-state index contributed by atoms with van der Waals surface area (Å²) in [6.45, 7) is 1.11. The quantitative estimate of drug-likeness (QED) is 0.538. The smallest absolute Gasteiger partial charge is 0.261 e. The summed E-state index contributed by atoms with van der Waals surface area (Å²) < 4.78 is 11.5. The Morgan fingerprint density at radius 3 is 2.56 bits per heavy atom. The van der Waals surface area contributed by atoms with Crippen LogP contribution in [0, 0.1) is 0 Å². The summed E-state index contributed by atoms with van der Waals surface area (Å²) in [5.74, 6) is -0.140. The van der Waals surface area contributed by atoms with Crippen LogP contribution in [0.3, 0.4) is 0 Å². The number of aromatic nitrogens is 2. The number of aliphatic hydroxyl groups excluding tert-OH is 1. The van der Waals surface area contributed by atoms with Crippen molar-refractivity contribution >= 4 is 22.7 Å². The Bertz CT molecular complexity index is 895. The Balaban J connectivity index is 2.19. The van der Waals surface area contributed by atoms with E-state index in [1.54, 1.807) is 6.07 Å². The predicted octanol–water partition coefficient (Wildman–Crippen LogP) is -0.973. The van der Waals surface area contributed by atoms with Crippen LogP contribution in [-0.4, -0.2) is 59.9 Å². The third-order valence-electron chi connectivity index (χ3n) is 3.83. The number of amides is 2. The summed E-state index contributed by atoms with van der Waals surface area (Å²) >= 11 is 0. The van der Waals surface area contributed by atoms with Gasteiger partial charge in [-0.15, -0.1) is 0 Å². The van der Waals surface area contributed by atoms with Gasteiger partial charge >= 0.3 is 0 Å². The lowest BCUT2D eigenvalue weighted by Crippen LogP contribution is -2.47. The Labute approximate surface area is 155 Å². The van der Waals surface area contributed by atoms with Gasteiger partial charge in [0.25, 0.3) is 5.56 Å². The second-order valence-electron chi connectivity index (χ2n) is 5.71. The normalized spacial score (nSPS) is 11.7. The molecule has 0 saturated heterocycles. The minimum atomic E-state index is -0.808. The van der Waals surface area contributed by atoms with Gasteiger partial charge in [0.1, 0.15) is 12.6 Å². The monoisotopic (exact) mass is 378 g/mol. The molecule has 0 fully saturated rings.